The number of hydrogen-bond donors (Lipinski definition) is 1. The van der Waals surface area contributed by atoms with Crippen LogP contribution in [0.3, 0.4) is 0 Å². The SMILES string of the molecule is CCCCc1ccc(C(NC)c2ccoc2)cc1. The molecule has 1 unspecified atom stereocenters. The van der Waals surface area contributed by atoms with Crippen molar-refractivity contribution in [1.29, 1.82) is 0 Å². The molecule has 0 radical (unpaired) electrons. The summed E-state index contributed by atoms with van der Waals surface area (Å²) in [5.41, 5.74) is 3.86. The maximum absolute atomic E-state index is 5.16. The molecule has 2 nitrogen and oxygen atoms in total. The molecule has 2 aromatic rings. The third-order valence-electron chi connectivity index (χ3n) is 3.30. The Morgan fingerprint density at radius 3 is 2.44 bits per heavy atom. The van der Waals surface area contributed by atoms with Crippen LogP contribution in [0.5, 0.6) is 0 Å². The highest BCUT2D eigenvalue weighted by Gasteiger charge is 2.12. The molecule has 96 valence electrons. The Hall–Kier alpha value is -1.54. The van der Waals surface area contributed by atoms with Crippen molar-refractivity contribution >= 4 is 0 Å². The summed E-state index contributed by atoms with van der Waals surface area (Å²) in [5.74, 6) is 0. The van der Waals surface area contributed by atoms with Gasteiger partial charge in [0, 0.05) is 5.56 Å². The van der Waals surface area contributed by atoms with Gasteiger partial charge in [-0.2, -0.15) is 0 Å². The Morgan fingerprint density at radius 1 is 1.11 bits per heavy atom. The Morgan fingerprint density at radius 2 is 1.89 bits per heavy atom. The minimum atomic E-state index is 0.212. The van der Waals surface area contributed by atoms with Gasteiger partial charge in [-0.25, -0.2) is 0 Å². The van der Waals surface area contributed by atoms with Gasteiger partial charge in [0.2, 0.25) is 0 Å². The van der Waals surface area contributed by atoms with Crippen LogP contribution in [0.25, 0.3) is 0 Å². The lowest BCUT2D eigenvalue weighted by atomic mass is 9.99. The van der Waals surface area contributed by atoms with Gasteiger partial charge in [0.05, 0.1) is 18.6 Å². The summed E-state index contributed by atoms with van der Waals surface area (Å²) < 4.78 is 5.16. The van der Waals surface area contributed by atoms with E-state index in [9.17, 15) is 0 Å². The molecular formula is C16H21NO. The average molecular weight is 243 g/mol. The first kappa shape index (κ1) is 12.9. The first-order valence-corrected chi connectivity index (χ1v) is 6.63. The van der Waals surface area contributed by atoms with Gasteiger partial charge >= 0.3 is 0 Å². The van der Waals surface area contributed by atoms with E-state index in [4.69, 9.17) is 4.42 Å². The smallest absolute Gasteiger partial charge is 0.0953 e. The van der Waals surface area contributed by atoms with Crippen molar-refractivity contribution in [3.05, 3.63) is 59.5 Å². The molecule has 2 rings (SSSR count). The summed E-state index contributed by atoms with van der Waals surface area (Å²) in [7, 11) is 1.97. The van der Waals surface area contributed by atoms with Crippen molar-refractivity contribution in [3.8, 4) is 0 Å². The zero-order valence-corrected chi connectivity index (χ0v) is 11.1. The van der Waals surface area contributed by atoms with E-state index in [1.165, 1.54) is 36.0 Å². The summed E-state index contributed by atoms with van der Waals surface area (Å²) in [5, 5.41) is 3.32. The largest absolute Gasteiger partial charge is 0.472 e. The number of benzene rings is 1. The monoisotopic (exact) mass is 243 g/mol. The van der Waals surface area contributed by atoms with E-state index < -0.39 is 0 Å². The molecule has 1 aromatic carbocycles. The maximum atomic E-state index is 5.16. The molecule has 0 aliphatic heterocycles. The van der Waals surface area contributed by atoms with E-state index in [0.29, 0.717) is 0 Å². The zero-order valence-electron chi connectivity index (χ0n) is 11.1. The molecule has 0 spiro atoms. The molecule has 0 fully saturated rings. The van der Waals surface area contributed by atoms with Gasteiger partial charge in [0.15, 0.2) is 0 Å². The van der Waals surface area contributed by atoms with Crippen LogP contribution in [0.4, 0.5) is 0 Å². The van der Waals surface area contributed by atoms with E-state index in [0.717, 1.165) is 0 Å². The molecule has 0 bridgehead atoms. The highest BCUT2D eigenvalue weighted by molar-refractivity contribution is 5.31. The number of furan rings is 1. The Bertz CT molecular complexity index is 444. The number of nitrogens with one attached hydrogen (secondary N) is 1. The molecule has 1 N–H and O–H groups in total. The lowest BCUT2D eigenvalue weighted by Gasteiger charge is -2.15. The van der Waals surface area contributed by atoms with Gasteiger partial charge in [-0.05, 0) is 37.1 Å². The number of unbranched alkanes of at least 4 members (excludes halogenated alkanes) is 1. The minimum Gasteiger partial charge on any atom is -0.472 e. The van der Waals surface area contributed by atoms with Crippen LogP contribution in [0, 0.1) is 0 Å². The summed E-state index contributed by atoms with van der Waals surface area (Å²) >= 11 is 0. The third-order valence-corrected chi connectivity index (χ3v) is 3.30. The summed E-state index contributed by atoms with van der Waals surface area (Å²) in [6.45, 7) is 2.23. The summed E-state index contributed by atoms with van der Waals surface area (Å²) in [6, 6.07) is 11.1. The van der Waals surface area contributed by atoms with Gasteiger partial charge in [-0.3, -0.25) is 0 Å². The predicted molar refractivity (Wildman–Crippen MR) is 74.7 cm³/mol. The Kier molecular flexibility index (Phi) is 4.59. The van der Waals surface area contributed by atoms with Crippen molar-refractivity contribution in [2.45, 2.75) is 32.2 Å². The molecule has 0 aliphatic rings. The van der Waals surface area contributed by atoms with E-state index in [1.807, 2.05) is 13.1 Å². The number of hydrogen-bond acceptors (Lipinski definition) is 2. The van der Waals surface area contributed by atoms with Crippen LogP contribution >= 0.6 is 0 Å². The van der Waals surface area contributed by atoms with Gasteiger partial charge in [0.25, 0.3) is 0 Å². The highest BCUT2D eigenvalue weighted by Crippen LogP contribution is 2.22. The van der Waals surface area contributed by atoms with Crippen molar-refractivity contribution in [2.24, 2.45) is 0 Å². The summed E-state index contributed by atoms with van der Waals surface area (Å²) in [4.78, 5) is 0. The topological polar surface area (TPSA) is 25.2 Å². The number of aryl methyl sites for hydroxylation is 1. The molecule has 0 saturated carbocycles. The second kappa shape index (κ2) is 6.41. The van der Waals surface area contributed by atoms with Crippen LogP contribution in [-0.2, 0) is 6.42 Å². The molecular weight excluding hydrogens is 222 g/mol. The van der Waals surface area contributed by atoms with Crippen LogP contribution in [0.2, 0.25) is 0 Å². The second-order valence-corrected chi connectivity index (χ2v) is 4.62. The van der Waals surface area contributed by atoms with Gasteiger partial charge in [0.1, 0.15) is 0 Å². The molecule has 1 heterocycles. The van der Waals surface area contributed by atoms with E-state index in [-0.39, 0.29) is 6.04 Å². The highest BCUT2D eigenvalue weighted by atomic mass is 16.3. The second-order valence-electron chi connectivity index (χ2n) is 4.62. The quantitative estimate of drug-likeness (QED) is 0.831. The lowest BCUT2D eigenvalue weighted by molar-refractivity contribution is 0.557. The fraction of sp³-hybridized carbons (Fsp3) is 0.375. The van der Waals surface area contributed by atoms with Crippen LogP contribution < -0.4 is 5.32 Å². The molecule has 0 saturated heterocycles. The van der Waals surface area contributed by atoms with Crippen LogP contribution in [0.15, 0.2) is 47.3 Å². The maximum Gasteiger partial charge on any atom is 0.0953 e. The molecule has 1 aromatic heterocycles. The Balaban J connectivity index is 2.12. The van der Waals surface area contributed by atoms with Crippen molar-refractivity contribution < 1.29 is 4.42 Å². The lowest BCUT2D eigenvalue weighted by Crippen LogP contribution is -2.16. The predicted octanol–water partition coefficient (Wildman–Crippen LogP) is 3.93. The van der Waals surface area contributed by atoms with Gasteiger partial charge in [-0.15, -0.1) is 0 Å². The zero-order chi connectivity index (χ0) is 12.8. The fourth-order valence-corrected chi connectivity index (χ4v) is 2.22. The first-order valence-electron chi connectivity index (χ1n) is 6.63. The van der Waals surface area contributed by atoms with Crippen molar-refractivity contribution in [1.82, 2.24) is 5.32 Å². The molecule has 1 atom stereocenters. The molecule has 0 amide bonds. The first-order chi connectivity index (χ1) is 8.85. The average Bonchev–Trinajstić information content (AvgIpc) is 2.93. The normalized spacial score (nSPS) is 12.6. The molecule has 0 aliphatic carbocycles. The van der Waals surface area contributed by atoms with E-state index >= 15 is 0 Å². The van der Waals surface area contributed by atoms with Gasteiger partial charge < -0.3 is 9.73 Å². The third kappa shape index (κ3) is 3.02. The van der Waals surface area contributed by atoms with E-state index in [2.05, 4.69) is 36.5 Å². The van der Waals surface area contributed by atoms with Gasteiger partial charge in [-0.1, -0.05) is 37.6 Å². The standard InChI is InChI=1S/C16H21NO/c1-3-4-5-13-6-8-14(9-7-13)16(17-2)15-10-11-18-12-15/h6-12,16-17H,3-5H2,1-2H3. The minimum absolute atomic E-state index is 0.212. The fourth-order valence-electron chi connectivity index (χ4n) is 2.22. The van der Waals surface area contributed by atoms with Crippen molar-refractivity contribution in [2.75, 3.05) is 7.05 Å². The Labute approximate surface area is 109 Å². The summed E-state index contributed by atoms with van der Waals surface area (Å²) in [6.07, 6.45) is 7.20. The van der Waals surface area contributed by atoms with Crippen LogP contribution in [-0.4, -0.2) is 7.05 Å². The van der Waals surface area contributed by atoms with Crippen LogP contribution in [0.1, 0.15) is 42.5 Å². The molecule has 18 heavy (non-hydrogen) atoms. The van der Waals surface area contributed by atoms with Crippen molar-refractivity contribution in [3.63, 3.8) is 0 Å². The number of rotatable bonds is 6. The molecule has 2 heteroatoms. The van der Waals surface area contributed by atoms with E-state index in [1.54, 1.807) is 12.5 Å².